The fourth-order valence-electron chi connectivity index (χ4n) is 4.56. The van der Waals surface area contributed by atoms with Crippen LogP contribution in [0.25, 0.3) is 0 Å². The Labute approximate surface area is 183 Å². The van der Waals surface area contributed by atoms with E-state index in [1.807, 2.05) is 18.2 Å². The van der Waals surface area contributed by atoms with Gasteiger partial charge in [0.05, 0.1) is 34.5 Å². The Kier molecular flexibility index (Phi) is 6.37. The van der Waals surface area contributed by atoms with Gasteiger partial charge in [0.2, 0.25) is 5.75 Å². The second-order valence-corrected chi connectivity index (χ2v) is 7.59. The van der Waals surface area contributed by atoms with Crippen molar-refractivity contribution >= 4 is 0 Å². The van der Waals surface area contributed by atoms with Crippen LogP contribution in [0.15, 0.2) is 54.7 Å². The van der Waals surface area contributed by atoms with Crippen LogP contribution in [-0.2, 0) is 13.1 Å². The molecule has 1 aliphatic rings. The summed E-state index contributed by atoms with van der Waals surface area (Å²) in [6.45, 7) is 2.65. The quantitative estimate of drug-likeness (QED) is 0.560. The second kappa shape index (κ2) is 9.35. The molecule has 4 rings (SSSR count). The Balaban J connectivity index is 1.80. The minimum Gasteiger partial charge on any atom is -0.496 e. The van der Waals surface area contributed by atoms with E-state index in [1.54, 1.807) is 28.4 Å². The van der Waals surface area contributed by atoms with Crippen LogP contribution in [0, 0.1) is 0 Å². The Morgan fingerprint density at radius 2 is 1.55 bits per heavy atom. The first-order valence-electron chi connectivity index (χ1n) is 10.5. The zero-order valence-electron chi connectivity index (χ0n) is 18.6. The van der Waals surface area contributed by atoms with E-state index in [0.29, 0.717) is 23.8 Å². The van der Waals surface area contributed by atoms with E-state index in [2.05, 4.69) is 46.0 Å². The summed E-state index contributed by atoms with van der Waals surface area (Å²) in [5.41, 5.74) is 3.48. The first-order valence-corrected chi connectivity index (χ1v) is 10.5. The van der Waals surface area contributed by atoms with Crippen LogP contribution in [0.4, 0.5) is 0 Å². The molecule has 31 heavy (non-hydrogen) atoms. The van der Waals surface area contributed by atoms with Crippen LogP contribution in [-0.4, -0.2) is 44.5 Å². The van der Waals surface area contributed by atoms with Crippen LogP contribution in [0.3, 0.4) is 0 Å². The molecule has 0 spiro atoms. The van der Waals surface area contributed by atoms with Crippen molar-refractivity contribution in [1.29, 1.82) is 0 Å². The van der Waals surface area contributed by atoms with Crippen molar-refractivity contribution in [2.24, 2.45) is 0 Å². The smallest absolute Gasteiger partial charge is 0.203 e. The standard InChI is InChI=1S/C25H30N2O4/c1-28-21-11-6-5-9-19(21)23-20-10-7-14-26(20)15-8-16-27(23)17-18-12-13-22(29-2)25(31-4)24(18)30-3/h5-7,9-14,23H,8,15-17H2,1-4H3/t23-/m1/s1. The van der Waals surface area contributed by atoms with Crippen molar-refractivity contribution in [3.8, 4) is 23.0 Å². The summed E-state index contributed by atoms with van der Waals surface area (Å²) >= 11 is 0. The number of aryl methyl sites for hydroxylation is 1. The van der Waals surface area contributed by atoms with Crippen molar-refractivity contribution in [3.05, 3.63) is 71.5 Å². The average Bonchev–Trinajstić information content (AvgIpc) is 3.20. The zero-order valence-corrected chi connectivity index (χ0v) is 18.6. The van der Waals surface area contributed by atoms with Gasteiger partial charge >= 0.3 is 0 Å². The Bertz CT molecular complexity index is 1030. The lowest BCUT2D eigenvalue weighted by Crippen LogP contribution is -2.30. The van der Waals surface area contributed by atoms with Gasteiger partial charge in [0, 0.05) is 42.7 Å². The van der Waals surface area contributed by atoms with Crippen molar-refractivity contribution in [1.82, 2.24) is 9.47 Å². The summed E-state index contributed by atoms with van der Waals surface area (Å²) in [7, 11) is 6.68. The molecule has 0 N–H and O–H groups in total. The molecule has 0 unspecified atom stereocenters. The van der Waals surface area contributed by atoms with Gasteiger partial charge in [0.1, 0.15) is 5.75 Å². The number of rotatable bonds is 7. The average molecular weight is 423 g/mol. The summed E-state index contributed by atoms with van der Waals surface area (Å²) in [5, 5.41) is 0. The number of fused-ring (bicyclic) bond motifs is 1. The SMILES string of the molecule is COc1ccccc1[C@@H]1c2cccn2CCCN1Cc1ccc(OC)c(OC)c1OC. The van der Waals surface area contributed by atoms with Gasteiger partial charge in [-0.2, -0.15) is 0 Å². The van der Waals surface area contributed by atoms with Gasteiger partial charge in [0.15, 0.2) is 11.5 Å². The fourth-order valence-corrected chi connectivity index (χ4v) is 4.56. The van der Waals surface area contributed by atoms with E-state index < -0.39 is 0 Å². The van der Waals surface area contributed by atoms with E-state index in [1.165, 1.54) is 5.69 Å². The van der Waals surface area contributed by atoms with Gasteiger partial charge in [-0.15, -0.1) is 0 Å². The highest BCUT2D eigenvalue weighted by atomic mass is 16.5. The third kappa shape index (κ3) is 3.95. The molecular formula is C25H30N2O4. The number of nitrogens with zero attached hydrogens (tertiary/aromatic N) is 2. The van der Waals surface area contributed by atoms with E-state index in [9.17, 15) is 0 Å². The maximum Gasteiger partial charge on any atom is 0.203 e. The Hall–Kier alpha value is -3.12. The predicted octanol–water partition coefficient (Wildman–Crippen LogP) is 4.52. The van der Waals surface area contributed by atoms with Crippen molar-refractivity contribution in [3.63, 3.8) is 0 Å². The molecule has 0 amide bonds. The number of para-hydroxylation sites is 1. The van der Waals surface area contributed by atoms with Gasteiger partial charge < -0.3 is 23.5 Å². The molecule has 0 saturated carbocycles. The summed E-state index contributed by atoms with van der Waals surface area (Å²) in [6.07, 6.45) is 3.22. The third-order valence-corrected chi connectivity index (χ3v) is 5.95. The molecule has 1 aliphatic heterocycles. The highest BCUT2D eigenvalue weighted by Gasteiger charge is 2.30. The fraction of sp³-hybridized carbons (Fsp3) is 0.360. The van der Waals surface area contributed by atoms with Gasteiger partial charge in [-0.3, -0.25) is 4.90 Å². The summed E-state index contributed by atoms with van der Waals surface area (Å²) < 4.78 is 24.9. The molecule has 1 atom stereocenters. The molecule has 0 bridgehead atoms. The van der Waals surface area contributed by atoms with Crippen molar-refractivity contribution < 1.29 is 18.9 Å². The third-order valence-electron chi connectivity index (χ3n) is 5.95. The molecule has 1 aromatic heterocycles. The maximum absolute atomic E-state index is 5.76. The molecule has 0 radical (unpaired) electrons. The lowest BCUT2D eigenvalue weighted by molar-refractivity contribution is 0.212. The second-order valence-electron chi connectivity index (χ2n) is 7.59. The molecular weight excluding hydrogens is 392 g/mol. The summed E-state index contributed by atoms with van der Waals surface area (Å²) in [4.78, 5) is 2.49. The van der Waals surface area contributed by atoms with E-state index in [4.69, 9.17) is 18.9 Å². The van der Waals surface area contributed by atoms with E-state index in [-0.39, 0.29) is 6.04 Å². The number of hydrogen-bond acceptors (Lipinski definition) is 5. The highest BCUT2D eigenvalue weighted by molar-refractivity contribution is 5.56. The number of ether oxygens (including phenoxy) is 4. The van der Waals surface area contributed by atoms with Gasteiger partial charge in [-0.1, -0.05) is 24.3 Å². The zero-order chi connectivity index (χ0) is 21.8. The summed E-state index contributed by atoms with van der Waals surface area (Å²) in [5.74, 6) is 2.88. The molecule has 2 aromatic carbocycles. The van der Waals surface area contributed by atoms with Gasteiger partial charge in [-0.05, 0) is 30.7 Å². The monoisotopic (exact) mass is 422 g/mol. The van der Waals surface area contributed by atoms with Crippen LogP contribution in [0.5, 0.6) is 23.0 Å². The number of methoxy groups -OCH3 is 4. The minimum atomic E-state index is 0.0615. The molecule has 164 valence electrons. The summed E-state index contributed by atoms with van der Waals surface area (Å²) in [6, 6.07) is 16.7. The van der Waals surface area contributed by atoms with Crippen molar-refractivity contribution in [2.75, 3.05) is 35.0 Å². The van der Waals surface area contributed by atoms with Crippen LogP contribution in [0.1, 0.15) is 29.3 Å². The molecule has 6 heteroatoms. The van der Waals surface area contributed by atoms with Crippen LogP contribution < -0.4 is 18.9 Å². The first kappa shape index (κ1) is 21.1. The van der Waals surface area contributed by atoms with Crippen LogP contribution >= 0.6 is 0 Å². The molecule has 0 aliphatic carbocycles. The predicted molar refractivity (Wildman–Crippen MR) is 120 cm³/mol. The first-order chi connectivity index (χ1) is 15.2. The van der Waals surface area contributed by atoms with Gasteiger partial charge in [0.25, 0.3) is 0 Å². The van der Waals surface area contributed by atoms with E-state index >= 15 is 0 Å². The molecule has 2 heterocycles. The topological polar surface area (TPSA) is 45.1 Å². The van der Waals surface area contributed by atoms with E-state index in [0.717, 1.165) is 36.4 Å². The minimum absolute atomic E-state index is 0.0615. The number of benzene rings is 2. The van der Waals surface area contributed by atoms with Crippen LogP contribution in [0.2, 0.25) is 0 Å². The molecule has 6 nitrogen and oxygen atoms in total. The Morgan fingerprint density at radius 3 is 2.29 bits per heavy atom. The maximum atomic E-state index is 5.76. The lowest BCUT2D eigenvalue weighted by atomic mass is 9.99. The largest absolute Gasteiger partial charge is 0.496 e. The Morgan fingerprint density at radius 1 is 0.774 bits per heavy atom. The number of hydrogen-bond donors (Lipinski definition) is 0. The van der Waals surface area contributed by atoms with Crippen molar-refractivity contribution in [2.45, 2.75) is 25.6 Å². The highest BCUT2D eigenvalue weighted by Crippen LogP contribution is 2.43. The molecule has 3 aromatic rings. The molecule has 0 fully saturated rings. The van der Waals surface area contributed by atoms with Gasteiger partial charge in [-0.25, -0.2) is 0 Å². The lowest BCUT2D eigenvalue weighted by Gasteiger charge is -2.32. The number of aromatic nitrogens is 1. The normalized spacial score (nSPS) is 16.3. The molecule has 0 saturated heterocycles.